The molecule has 1 aliphatic carbocycles. The van der Waals surface area contributed by atoms with Crippen molar-refractivity contribution in [2.45, 2.75) is 36.6 Å². The van der Waals surface area contributed by atoms with E-state index in [9.17, 15) is 9.32 Å². The van der Waals surface area contributed by atoms with Gasteiger partial charge in [-0.15, -0.1) is 0 Å². The number of aromatic nitrogens is 1. The van der Waals surface area contributed by atoms with Crippen LogP contribution < -0.4 is 10.1 Å². The summed E-state index contributed by atoms with van der Waals surface area (Å²) in [4.78, 5) is 7.49. The van der Waals surface area contributed by atoms with Crippen molar-refractivity contribution >= 4 is 43.6 Å². The molecule has 35 heavy (non-hydrogen) atoms. The predicted octanol–water partition coefficient (Wildman–Crippen LogP) is 5.51. The lowest BCUT2D eigenvalue weighted by Gasteiger charge is -2.32. The van der Waals surface area contributed by atoms with Crippen molar-refractivity contribution in [1.29, 1.82) is 0 Å². The Morgan fingerprint density at radius 2 is 1.91 bits per heavy atom. The van der Waals surface area contributed by atoms with Crippen molar-refractivity contribution in [3.05, 3.63) is 41.6 Å². The van der Waals surface area contributed by atoms with E-state index in [0.717, 1.165) is 59.9 Å². The zero-order chi connectivity index (χ0) is 25.3. The van der Waals surface area contributed by atoms with Crippen LogP contribution in [-0.2, 0) is 9.52 Å². The van der Waals surface area contributed by atoms with E-state index in [1.54, 1.807) is 24.6 Å². The van der Waals surface area contributed by atoms with Crippen LogP contribution in [0.25, 0.3) is 22.0 Å². The zero-order valence-corrected chi connectivity index (χ0v) is 22.4. The summed E-state index contributed by atoms with van der Waals surface area (Å²) in [5.41, 5.74) is 3.34. The Morgan fingerprint density at radius 3 is 2.54 bits per heavy atom. The average Bonchev–Trinajstić information content (AvgIpc) is 2.80. The summed E-state index contributed by atoms with van der Waals surface area (Å²) >= 11 is 6.25. The number of rotatable bonds is 7. The normalized spacial score (nSPS) is 20.1. The monoisotopic (exact) mass is 515 g/mol. The third kappa shape index (κ3) is 5.68. The van der Waals surface area contributed by atoms with Gasteiger partial charge in [-0.05, 0) is 96.5 Å². The molecule has 3 aromatic rings. The molecule has 1 saturated carbocycles. The van der Waals surface area contributed by atoms with Gasteiger partial charge in [0.05, 0.1) is 28.2 Å². The largest absolute Gasteiger partial charge is 0.503 e. The summed E-state index contributed by atoms with van der Waals surface area (Å²) in [6, 6.07) is 9.69. The lowest BCUT2D eigenvalue weighted by molar-refractivity contribution is 0.255. The van der Waals surface area contributed by atoms with Gasteiger partial charge in [-0.25, -0.2) is 0 Å². The van der Waals surface area contributed by atoms with E-state index >= 15 is 0 Å². The predicted molar refractivity (Wildman–Crippen MR) is 148 cm³/mol. The van der Waals surface area contributed by atoms with Gasteiger partial charge in [0.15, 0.2) is 11.5 Å². The molecular formula is C27H34ClN3O3S. The molecule has 1 heterocycles. The molecule has 1 fully saturated rings. The van der Waals surface area contributed by atoms with Gasteiger partial charge < -0.3 is 20.1 Å². The highest BCUT2D eigenvalue weighted by Crippen LogP contribution is 2.40. The lowest BCUT2D eigenvalue weighted by Crippen LogP contribution is -2.31. The second kappa shape index (κ2) is 10.2. The van der Waals surface area contributed by atoms with Crippen molar-refractivity contribution in [3.63, 3.8) is 0 Å². The summed E-state index contributed by atoms with van der Waals surface area (Å²) in [5.74, 6) is 4.88. The van der Waals surface area contributed by atoms with Crippen molar-refractivity contribution in [3.8, 4) is 22.6 Å². The van der Waals surface area contributed by atoms with E-state index < -0.39 is 9.52 Å². The highest BCUT2D eigenvalue weighted by molar-refractivity contribution is 7.99. The number of hydrogen-bond acceptors (Lipinski definition) is 6. The lowest BCUT2D eigenvalue weighted by atomic mass is 9.85. The molecule has 1 unspecified atom stereocenters. The van der Waals surface area contributed by atoms with E-state index in [4.69, 9.17) is 16.3 Å². The number of hydrogen-bond donors (Lipinski definition) is 2. The minimum atomic E-state index is -2.51. The van der Waals surface area contributed by atoms with Crippen LogP contribution in [0.4, 0.5) is 5.69 Å². The molecule has 1 aliphatic rings. The number of halogens is 1. The number of pyridine rings is 1. The number of nitrogens with one attached hydrogen (secondary N) is 1. The van der Waals surface area contributed by atoms with Crippen LogP contribution in [-0.4, -0.2) is 65.1 Å². The second-order valence-electron chi connectivity index (χ2n) is 9.87. The molecule has 8 heteroatoms. The van der Waals surface area contributed by atoms with E-state index in [2.05, 4.69) is 35.2 Å². The quantitative estimate of drug-likeness (QED) is 0.404. The molecule has 4 rings (SSSR count). The summed E-state index contributed by atoms with van der Waals surface area (Å²) in [6.07, 6.45) is 7.80. The SMILES string of the molecule is C=S(C)(=O)c1cnc2ccc(-c3cc(Cl)c(O)c(OC)c3)cc2c1NC1CCC(CN(C)C)CC1. The topological polar surface area (TPSA) is 74.7 Å². The van der Waals surface area contributed by atoms with Gasteiger partial charge in [0.25, 0.3) is 0 Å². The molecule has 2 aromatic carbocycles. The molecule has 0 spiro atoms. The maximum Gasteiger partial charge on any atom is 0.176 e. The van der Waals surface area contributed by atoms with Crippen molar-refractivity contribution < 1.29 is 14.1 Å². The fourth-order valence-electron chi connectivity index (χ4n) is 4.94. The van der Waals surface area contributed by atoms with Gasteiger partial charge in [0.2, 0.25) is 0 Å². The van der Waals surface area contributed by atoms with Crippen LogP contribution in [0.5, 0.6) is 11.5 Å². The van der Waals surface area contributed by atoms with E-state index in [-0.39, 0.29) is 10.8 Å². The van der Waals surface area contributed by atoms with Crippen LogP contribution in [0.15, 0.2) is 41.4 Å². The van der Waals surface area contributed by atoms with Gasteiger partial charge in [-0.2, -0.15) is 0 Å². The number of anilines is 1. The fraction of sp³-hybridized carbons (Fsp3) is 0.407. The molecule has 0 radical (unpaired) electrons. The van der Waals surface area contributed by atoms with Gasteiger partial charge in [0.1, 0.15) is 0 Å². The number of ether oxygens (including phenoxy) is 1. The number of benzene rings is 2. The van der Waals surface area contributed by atoms with Gasteiger partial charge in [0, 0.05) is 30.4 Å². The first-order chi connectivity index (χ1) is 16.6. The number of phenolic OH excluding ortho intramolecular Hbond substituents is 1. The van der Waals surface area contributed by atoms with E-state index in [1.807, 2.05) is 18.2 Å². The summed E-state index contributed by atoms with van der Waals surface area (Å²) in [6.45, 7) is 1.11. The number of aromatic hydroxyl groups is 1. The molecule has 0 aliphatic heterocycles. The Kier molecular flexibility index (Phi) is 7.50. The summed E-state index contributed by atoms with van der Waals surface area (Å²) in [7, 11) is 3.24. The zero-order valence-electron chi connectivity index (χ0n) is 20.8. The Morgan fingerprint density at radius 1 is 1.20 bits per heavy atom. The molecule has 0 bridgehead atoms. The number of phenols is 1. The highest BCUT2D eigenvalue weighted by atomic mass is 35.5. The highest BCUT2D eigenvalue weighted by Gasteiger charge is 2.24. The standard InChI is InChI=1S/C27H34ClN3O3S/c1-31(2)16-17-6-9-20(10-7-17)30-26-21-12-18(19-13-22(28)27(32)24(14-19)34-3)8-11-23(21)29-15-25(26)35(4,5)33/h8,11-15,17,20,32H,4,6-7,9-10,16H2,1-3,5H3,(H,29,30). The van der Waals surface area contributed by atoms with Gasteiger partial charge in [-0.1, -0.05) is 17.7 Å². The Hall–Kier alpha value is -2.48. The van der Waals surface area contributed by atoms with Crippen molar-refractivity contribution in [2.24, 2.45) is 5.92 Å². The third-order valence-electron chi connectivity index (χ3n) is 6.70. The van der Waals surface area contributed by atoms with Crippen LogP contribution in [0.2, 0.25) is 5.02 Å². The third-order valence-corrected chi connectivity index (χ3v) is 8.23. The molecule has 1 atom stereocenters. The van der Waals surface area contributed by atoms with Crippen molar-refractivity contribution in [1.82, 2.24) is 9.88 Å². The molecule has 0 saturated heterocycles. The number of methoxy groups -OCH3 is 1. The smallest absolute Gasteiger partial charge is 0.176 e. The first-order valence-corrected chi connectivity index (χ1v) is 14.3. The molecular weight excluding hydrogens is 482 g/mol. The van der Waals surface area contributed by atoms with Crippen LogP contribution >= 0.6 is 11.6 Å². The van der Waals surface area contributed by atoms with Crippen LogP contribution in [0, 0.1) is 5.92 Å². The molecule has 1 aromatic heterocycles. The van der Waals surface area contributed by atoms with E-state index in [1.165, 1.54) is 7.11 Å². The van der Waals surface area contributed by atoms with Crippen LogP contribution in [0.3, 0.4) is 0 Å². The number of nitrogens with zero attached hydrogens (tertiary/aromatic N) is 2. The van der Waals surface area contributed by atoms with Gasteiger partial charge in [-0.3, -0.25) is 9.19 Å². The Labute approximate surface area is 213 Å². The second-order valence-corrected chi connectivity index (χ2v) is 12.7. The maximum atomic E-state index is 13.1. The number of fused-ring (bicyclic) bond motifs is 1. The Balaban J connectivity index is 1.76. The van der Waals surface area contributed by atoms with E-state index in [0.29, 0.717) is 22.6 Å². The van der Waals surface area contributed by atoms with Crippen molar-refractivity contribution in [2.75, 3.05) is 39.3 Å². The summed E-state index contributed by atoms with van der Waals surface area (Å²) in [5, 5.41) is 15.0. The first-order valence-electron chi connectivity index (χ1n) is 11.8. The minimum Gasteiger partial charge on any atom is -0.503 e. The van der Waals surface area contributed by atoms with Gasteiger partial charge >= 0.3 is 0 Å². The summed E-state index contributed by atoms with van der Waals surface area (Å²) < 4.78 is 18.4. The first kappa shape index (κ1) is 25.6. The molecule has 6 nitrogen and oxygen atoms in total. The molecule has 0 amide bonds. The average molecular weight is 516 g/mol. The maximum absolute atomic E-state index is 13.1. The minimum absolute atomic E-state index is 0.0855. The fourth-order valence-corrected chi connectivity index (χ4v) is 6.02. The Bertz CT molecular complexity index is 1330. The van der Waals surface area contributed by atoms with Crippen LogP contribution in [0.1, 0.15) is 25.7 Å². The molecule has 188 valence electrons. The molecule has 2 N–H and O–H groups in total.